The van der Waals surface area contributed by atoms with Gasteiger partial charge < -0.3 is 15.4 Å². The van der Waals surface area contributed by atoms with Gasteiger partial charge in [-0.25, -0.2) is 18.7 Å². The van der Waals surface area contributed by atoms with E-state index >= 15 is 0 Å². The Morgan fingerprint density at radius 3 is 2.84 bits per heavy atom. The third kappa shape index (κ3) is 5.00. The number of carbonyl (C=O) groups excluding carboxylic acids is 1. The van der Waals surface area contributed by atoms with Crippen molar-refractivity contribution in [2.75, 3.05) is 19.5 Å². The fraction of sp³-hybridized carbons (Fsp3) is 0.250. The van der Waals surface area contributed by atoms with Gasteiger partial charge in [0.05, 0.1) is 18.4 Å². The minimum Gasteiger partial charge on any atom is -0.464 e. The van der Waals surface area contributed by atoms with Gasteiger partial charge in [0, 0.05) is 25.2 Å². The van der Waals surface area contributed by atoms with Crippen LogP contribution in [0.3, 0.4) is 0 Å². The number of anilines is 1. The number of rotatable bonds is 7. The van der Waals surface area contributed by atoms with E-state index in [4.69, 9.17) is 15.7 Å². The Bertz CT molecular complexity index is 1200. The van der Waals surface area contributed by atoms with Crippen molar-refractivity contribution in [2.45, 2.75) is 12.6 Å². The maximum Gasteiger partial charge on any atom is 0.259 e. The monoisotopic (exact) mass is 505 g/mol. The van der Waals surface area contributed by atoms with Crippen LogP contribution in [0.1, 0.15) is 33.4 Å². The largest absolute Gasteiger partial charge is 0.464 e. The molecule has 0 bridgehead atoms. The third-order valence-corrected chi connectivity index (χ3v) is 4.90. The summed E-state index contributed by atoms with van der Waals surface area (Å²) in [7, 11) is 3.13. The SMILES string of the molecule is CN(Cc1cc(C#N)n(C)n1)C(=O)c1ccc(F)cc1[C@H](CF)Oc1nc(Br)cnc1N. The standard InChI is InChI=1S/C20H18BrF2N7O2/c1-29(10-12-6-13(8-24)30(2)28-12)20(31)14-4-3-11(23)5-15(14)16(7-22)32-19-18(25)26-9-17(21)27-19/h3-6,9,16H,7,10H2,1-2H3,(H2,25,26)/t16-/m0/s1. The van der Waals surface area contributed by atoms with E-state index in [1.807, 2.05) is 6.07 Å². The van der Waals surface area contributed by atoms with Gasteiger partial charge in [-0.3, -0.25) is 9.48 Å². The molecule has 2 aromatic heterocycles. The fourth-order valence-corrected chi connectivity index (χ4v) is 3.25. The van der Waals surface area contributed by atoms with Crippen molar-refractivity contribution >= 4 is 27.7 Å². The first kappa shape index (κ1) is 23.1. The number of aromatic nitrogens is 4. The molecule has 9 nitrogen and oxygen atoms in total. The number of amides is 1. The first-order chi connectivity index (χ1) is 15.2. The molecule has 32 heavy (non-hydrogen) atoms. The lowest BCUT2D eigenvalue weighted by molar-refractivity contribution is 0.0775. The molecule has 0 aliphatic rings. The maximum absolute atomic E-state index is 14.0. The van der Waals surface area contributed by atoms with E-state index in [-0.39, 0.29) is 29.4 Å². The molecule has 2 heterocycles. The van der Waals surface area contributed by atoms with Crippen LogP contribution in [0.25, 0.3) is 0 Å². The van der Waals surface area contributed by atoms with Gasteiger partial charge in [0.2, 0.25) is 0 Å². The zero-order valence-corrected chi connectivity index (χ0v) is 18.7. The lowest BCUT2D eigenvalue weighted by Crippen LogP contribution is -2.28. The van der Waals surface area contributed by atoms with E-state index in [0.717, 1.165) is 12.1 Å². The van der Waals surface area contributed by atoms with Gasteiger partial charge in [0.25, 0.3) is 11.8 Å². The highest BCUT2D eigenvalue weighted by atomic mass is 79.9. The number of aryl methyl sites for hydroxylation is 1. The van der Waals surface area contributed by atoms with Crippen molar-refractivity contribution in [3.63, 3.8) is 0 Å². The highest BCUT2D eigenvalue weighted by Crippen LogP contribution is 2.29. The van der Waals surface area contributed by atoms with Gasteiger partial charge in [0.15, 0.2) is 11.9 Å². The molecule has 0 radical (unpaired) electrons. The molecule has 0 fully saturated rings. The molecular formula is C20H18BrF2N7O2. The molecule has 3 rings (SSSR count). The molecule has 12 heteroatoms. The molecule has 166 valence electrons. The van der Waals surface area contributed by atoms with E-state index < -0.39 is 24.5 Å². The summed E-state index contributed by atoms with van der Waals surface area (Å²) in [5, 5.41) is 13.2. The molecule has 0 aliphatic heterocycles. The van der Waals surface area contributed by atoms with Crippen LogP contribution in [0.15, 0.2) is 35.1 Å². The molecule has 0 spiro atoms. The normalized spacial score (nSPS) is 11.6. The molecule has 0 saturated heterocycles. The molecular weight excluding hydrogens is 488 g/mol. The second-order valence-corrected chi connectivity index (χ2v) is 7.61. The zero-order valence-electron chi connectivity index (χ0n) is 17.1. The Labute approximate surface area is 190 Å². The summed E-state index contributed by atoms with van der Waals surface area (Å²) in [4.78, 5) is 22.3. The Kier molecular flexibility index (Phi) is 6.99. The predicted molar refractivity (Wildman–Crippen MR) is 114 cm³/mol. The van der Waals surface area contributed by atoms with Crippen molar-refractivity contribution in [1.82, 2.24) is 24.6 Å². The minimum absolute atomic E-state index is 0.00994. The average Bonchev–Trinajstić information content (AvgIpc) is 3.12. The lowest BCUT2D eigenvalue weighted by Gasteiger charge is -2.22. The van der Waals surface area contributed by atoms with Crippen molar-refractivity contribution in [1.29, 1.82) is 5.26 Å². The zero-order chi connectivity index (χ0) is 23.4. The van der Waals surface area contributed by atoms with Gasteiger partial charge in [-0.15, -0.1) is 0 Å². The molecule has 1 aromatic carbocycles. The number of ether oxygens (including phenoxy) is 1. The summed E-state index contributed by atoms with van der Waals surface area (Å²) in [5.74, 6) is -1.43. The van der Waals surface area contributed by atoms with Crippen LogP contribution in [-0.2, 0) is 13.6 Å². The molecule has 3 aromatic rings. The Balaban J connectivity index is 1.90. The van der Waals surface area contributed by atoms with Crippen LogP contribution >= 0.6 is 15.9 Å². The number of hydrogen-bond donors (Lipinski definition) is 1. The quantitative estimate of drug-likeness (QED) is 0.523. The number of hydrogen-bond acceptors (Lipinski definition) is 7. The fourth-order valence-electron chi connectivity index (χ4n) is 2.98. The number of nitrogen functional groups attached to an aromatic ring is 1. The third-order valence-electron chi connectivity index (χ3n) is 4.51. The number of nitrogens with two attached hydrogens (primary N) is 1. The predicted octanol–water partition coefficient (Wildman–Crippen LogP) is 2.93. The van der Waals surface area contributed by atoms with E-state index in [1.165, 1.54) is 28.9 Å². The van der Waals surface area contributed by atoms with Crippen LogP contribution in [0, 0.1) is 17.1 Å². The van der Waals surface area contributed by atoms with Crippen molar-refractivity contribution in [2.24, 2.45) is 7.05 Å². The van der Waals surface area contributed by atoms with E-state index in [9.17, 15) is 13.6 Å². The lowest BCUT2D eigenvalue weighted by atomic mass is 10.0. The van der Waals surface area contributed by atoms with Crippen molar-refractivity contribution < 1.29 is 18.3 Å². The van der Waals surface area contributed by atoms with Gasteiger partial charge in [-0.2, -0.15) is 10.4 Å². The highest BCUT2D eigenvalue weighted by molar-refractivity contribution is 9.10. The highest BCUT2D eigenvalue weighted by Gasteiger charge is 2.25. The Morgan fingerprint density at radius 1 is 1.44 bits per heavy atom. The average molecular weight is 506 g/mol. The molecule has 0 aliphatic carbocycles. The first-order valence-corrected chi connectivity index (χ1v) is 10.0. The van der Waals surface area contributed by atoms with Crippen molar-refractivity contribution in [3.8, 4) is 11.9 Å². The number of carbonyl (C=O) groups is 1. The van der Waals surface area contributed by atoms with Crippen LogP contribution in [0.4, 0.5) is 14.6 Å². The summed E-state index contributed by atoms with van der Waals surface area (Å²) in [6.07, 6.45) is -0.0161. The smallest absolute Gasteiger partial charge is 0.259 e. The Morgan fingerprint density at radius 2 is 2.19 bits per heavy atom. The number of nitriles is 1. The van der Waals surface area contributed by atoms with E-state index in [1.54, 1.807) is 13.1 Å². The number of benzene rings is 1. The topological polar surface area (TPSA) is 123 Å². The van der Waals surface area contributed by atoms with Crippen LogP contribution in [-0.4, -0.2) is 44.3 Å². The van der Waals surface area contributed by atoms with Gasteiger partial charge in [0.1, 0.15) is 28.9 Å². The number of alkyl halides is 1. The molecule has 2 N–H and O–H groups in total. The summed E-state index contributed by atoms with van der Waals surface area (Å²) < 4.78 is 35.2. The maximum atomic E-state index is 14.0. The molecule has 0 saturated carbocycles. The summed E-state index contributed by atoms with van der Waals surface area (Å²) in [5.41, 5.74) is 6.58. The number of halogens is 3. The molecule has 1 amide bonds. The second-order valence-electron chi connectivity index (χ2n) is 6.79. The first-order valence-electron chi connectivity index (χ1n) is 9.22. The second kappa shape index (κ2) is 9.69. The van der Waals surface area contributed by atoms with Crippen LogP contribution < -0.4 is 10.5 Å². The Hall–Kier alpha value is -3.59. The van der Waals surface area contributed by atoms with E-state index in [0.29, 0.717) is 16.0 Å². The van der Waals surface area contributed by atoms with Crippen LogP contribution in [0.2, 0.25) is 0 Å². The van der Waals surface area contributed by atoms with Crippen LogP contribution in [0.5, 0.6) is 5.88 Å². The van der Waals surface area contributed by atoms with Gasteiger partial charge >= 0.3 is 0 Å². The summed E-state index contributed by atoms with van der Waals surface area (Å²) in [6, 6.07) is 6.93. The van der Waals surface area contributed by atoms with E-state index in [2.05, 4.69) is 31.0 Å². The molecule has 1 atom stereocenters. The van der Waals surface area contributed by atoms with Gasteiger partial charge in [-0.1, -0.05) is 0 Å². The van der Waals surface area contributed by atoms with Crippen molar-refractivity contribution in [3.05, 3.63) is 63.4 Å². The minimum atomic E-state index is -1.36. The van der Waals surface area contributed by atoms with Gasteiger partial charge in [-0.05, 0) is 40.2 Å². The summed E-state index contributed by atoms with van der Waals surface area (Å²) >= 11 is 3.12. The summed E-state index contributed by atoms with van der Waals surface area (Å²) in [6.45, 7) is -0.997. The molecule has 0 unspecified atom stereocenters. The number of nitrogens with zero attached hydrogens (tertiary/aromatic N) is 6.